The normalized spacial score (nSPS) is 11.8. The summed E-state index contributed by atoms with van der Waals surface area (Å²) in [5, 5.41) is 7.26. The number of aryl methyl sites for hydroxylation is 2. The maximum absolute atomic E-state index is 13.7. The van der Waals surface area contributed by atoms with Crippen molar-refractivity contribution >= 4 is 5.91 Å². The smallest absolute Gasteiger partial charge is 0.351 e. The Bertz CT molecular complexity index is 1150. The van der Waals surface area contributed by atoms with Crippen LogP contribution in [0.3, 0.4) is 0 Å². The summed E-state index contributed by atoms with van der Waals surface area (Å²) in [5.74, 6) is -1.09. The molecule has 0 bridgehead atoms. The van der Waals surface area contributed by atoms with Gasteiger partial charge in [0.25, 0.3) is 5.91 Å². The second kappa shape index (κ2) is 9.74. The zero-order chi connectivity index (χ0) is 24.3. The molecule has 0 saturated heterocycles. The first-order valence-electron chi connectivity index (χ1n) is 10.4. The predicted molar refractivity (Wildman–Crippen MR) is 118 cm³/mol. The van der Waals surface area contributed by atoms with Crippen LogP contribution < -0.4 is 5.32 Å². The Kier molecular flexibility index (Phi) is 7.22. The largest absolute Gasteiger partial charge is 0.416 e. The number of alkyl halides is 3. The quantitative estimate of drug-likeness (QED) is 0.529. The molecular weight excluding hydrogens is 436 g/mol. The Morgan fingerprint density at radius 3 is 2.48 bits per heavy atom. The van der Waals surface area contributed by atoms with E-state index in [2.05, 4.69) is 10.4 Å². The fourth-order valence-corrected chi connectivity index (χ4v) is 3.57. The van der Waals surface area contributed by atoms with Gasteiger partial charge in [-0.3, -0.25) is 9.48 Å². The van der Waals surface area contributed by atoms with Crippen molar-refractivity contribution in [1.29, 1.82) is 0 Å². The lowest BCUT2D eigenvalue weighted by molar-refractivity contribution is -0.137. The van der Waals surface area contributed by atoms with E-state index < -0.39 is 17.6 Å². The van der Waals surface area contributed by atoms with Gasteiger partial charge < -0.3 is 10.2 Å². The van der Waals surface area contributed by atoms with Gasteiger partial charge in [0.15, 0.2) is 0 Å². The number of nitrogens with one attached hydrogen (secondary N) is 1. The van der Waals surface area contributed by atoms with Gasteiger partial charge in [-0.05, 0) is 68.5 Å². The van der Waals surface area contributed by atoms with Crippen molar-refractivity contribution in [3.05, 3.63) is 76.2 Å². The van der Waals surface area contributed by atoms with E-state index in [4.69, 9.17) is 0 Å². The van der Waals surface area contributed by atoms with E-state index in [-0.39, 0.29) is 17.9 Å². The number of hydrogen-bond acceptors (Lipinski definition) is 3. The van der Waals surface area contributed by atoms with Gasteiger partial charge in [-0.25, -0.2) is 4.39 Å². The molecule has 0 aliphatic rings. The summed E-state index contributed by atoms with van der Waals surface area (Å²) in [6.45, 7) is 3.11. The summed E-state index contributed by atoms with van der Waals surface area (Å²) >= 11 is 0. The number of rotatable bonds is 7. The topological polar surface area (TPSA) is 50.2 Å². The Hall–Kier alpha value is -3.20. The highest BCUT2D eigenvalue weighted by atomic mass is 19.4. The van der Waals surface area contributed by atoms with Gasteiger partial charge in [0, 0.05) is 37.7 Å². The number of likely N-dealkylation sites (N-methyl/N-ethyl adjacent to an activating group) is 1. The lowest BCUT2D eigenvalue weighted by atomic mass is 10.0. The average molecular weight is 462 g/mol. The average Bonchev–Trinajstić information content (AvgIpc) is 3.06. The van der Waals surface area contributed by atoms with Crippen LogP contribution in [-0.2, 0) is 19.6 Å². The van der Waals surface area contributed by atoms with Crippen LogP contribution >= 0.6 is 0 Å². The van der Waals surface area contributed by atoms with E-state index in [1.807, 2.05) is 32.0 Å². The van der Waals surface area contributed by atoms with E-state index in [1.165, 1.54) is 0 Å². The van der Waals surface area contributed by atoms with Gasteiger partial charge in [-0.1, -0.05) is 6.07 Å². The molecule has 3 rings (SSSR count). The molecule has 0 atom stereocenters. The molecule has 0 fully saturated rings. The molecule has 9 heteroatoms. The second-order valence-corrected chi connectivity index (χ2v) is 8.26. The Balaban J connectivity index is 1.80. The van der Waals surface area contributed by atoms with Crippen LogP contribution in [0.5, 0.6) is 0 Å². The molecule has 1 heterocycles. The van der Waals surface area contributed by atoms with E-state index in [0.717, 1.165) is 35.5 Å². The van der Waals surface area contributed by atoms with Gasteiger partial charge >= 0.3 is 6.18 Å². The van der Waals surface area contributed by atoms with Gasteiger partial charge in [0.1, 0.15) is 5.82 Å². The zero-order valence-corrected chi connectivity index (χ0v) is 18.9. The molecule has 0 aliphatic carbocycles. The molecule has 2 aromatic carbocycles. The molecule has 0 spiro atoms. The van der Waals surface area contributed by atoms with Crippen molar-refractivity contribution in [2.45, 2.75) is 19.5 Å². The molecule has 1 amide bonds. The summed E-state index contributed by atoms with van der Waals surface area (Å²) < 4.78 is 54.3. The maximum atomic E-state index is 13.7. The standard InChI is InChI=1S/C24H26F4N4O/c1-15-9-17(5-6-21(15)23(33)29-7-8-31(2)3)22-14-20(30-32(22)4)12-16-10-18(24(26,27)28)13-19(25)11-16/h5-6,9-11,13-14H,7-8,12H2,1-4H3,(H,29,33). The number of carbonyl (C=O) groups is 1. The van der Waals surface area contributed by atoms with E-state index >= 15 is 0 Å². The predicted octanol–water partition coefficient (Wildman–Crippen LogP) is 4.44. The molecule has 176 valence electrons. The van der Waals surface area contributed by atoms with Crippen molar-refractivity contribution in [1.82, 2.24) is 20.0 Å². The monoisotopic (exact) mass is 462 g/mol. The van der Waals surface area contributed by atoms with Crippen molar-refractivity contribution in [2.75, 3.05) is 27.2 Å². The minimum absolute atomic E-state index is 0.0556. The molecule has 1 N–H and O–H groups in total. The first-order chi connectivity index (χ1) is 15.4. The highest BCUT2D eigenvalue weighted by Gasteiger charge is 2.31. The summed E-state index contributed by atoms with van der Waals surface area (Å²) in [4.78, 5) is 14.4. The lowest BCUT2D eigenvalue weighted by Gasteiger charge is -2.12. The molecular formula is C24H26F4N4O. The Morgan fingerprint density at radius 2 is 1.85 bits per heavy atom. The molecule has 1 aromatic heterocycles. The van der Waals surface area contributed by atoms with Crippen molar-refractivity contribution in [3.8, 4) is 11.3 Å². The molecule has 0 aliphatic heterocycles. The van der Waals surface area contributed by atoms with Crippen molar-refractivity contribution in [3.63, 3.8) is 0 Å². The van der Waals surface area contributed by atoms with Crippen LogP contribution in [0.4, 0.5) is 17.6 Å². The number of nitrogens with zero attached hydrogens (tertiary/aromatic N) is 3. The molecule has 3 aromatic rings. The fraction of sp³-hybridized carbons (Fsp3) is 0.333. The Morgan fingerprint density at radius 1 is 1.12 bits per heavy atom. The van der Waals surface area contributed by atoms with Crippen LogP contribution in [0.1, 0.15) is 32.7 Å². The molecule has 0 saturated carbocycles. The van der Waals surface area contributed by atoms with E-state index in [1.54, 1.807) is 29.9 Å². The van der Waals surface area contributed by atoms with Crippen LogP contribution in [0.2, 0.25) is 0 Å². The van der Waals surface area contributed by atoms with Gasteiger partial charge in [0.05, 0.1) is 17.0 Å². The fourth-order valence-electron chi connectivity index (χ4n) is 3.57. The van der Waals surface area contributed by atoms with E-state index in [0.29, 0.717) is 23.9 Å². The first-order valence-corrected chi connectivity index (χ1v) is 10.4. The minimum atomic E-state index is -4.62. The summed E-state index contributed by atoms with van der Waals surface area (Å²) in [5.41, 5.74) is 2.58. The third-order valence-corrected chi connectivity index (χ3v) is 5.21. The number of hydrogen-bond donors (Lipinski definition) is 1. The number of halogens is 4. The molecule has 0 unspecified atom stereocenters. The van der Waals surface area contributed by atoms with Crippen LogP contribution in [-0.4, -0.2) is 47.8 Å². The van der Waals surface area contributed by atoms with Crippen LogP contribution in [0.25, 0.3) is 11.3 Å². The van der Waals surface area contributed by atoms with Crippen molar-refractivity contribution < 1.29 is 22.4 Å². The number of benzene rings is 2. The van der Waals surface area contributed by atoms with Crippen molar-refractivity contribution in [2.24, 2.45) is 7.05 Å². The summed E-state index contributed by atoms with van der Waals surface area (Å²) in [7, 11) is 5.58. The van der Waals surface area contributed by atoms with Crippen LogP contribution in [0, 0.1) is 12.7 Å². The van der Waals surface area contributed by atoms with Gasteiger partial charge in [0.2, 0.25) is 0 Å². The first kappa shape index (κ1) is 24.4. The summed E-state index contributed by atoms with van der Waals surface area (Å²) in [6, 6.07) is 9.66. The third kappa shape index (κ3) is 6.19. The van der Waals surface area contributed by atoms with Gasteiger partial charge in [-0.15, -0.1) is 0 Å². The van der Waals surface area contributed by atoms with Crippen LogP contribution in [0.15, 0.2) is 42.5 Å². The number of aromatic nitrogens is 2. The molecule has 33 heavy (non-hydrogen) atoms. The summed E-state index contributed by atoms with van der Waals surface area (Å²) in [6.07, 6.45) is -4.57. The number of amides is 1. The highest BCUT2D eigenvalue weighted by Crippen LogP contribution is 2.31. The lowest BCUT2D eigenvalue weighted by Crippen LogP contribution is -2.31. The zero-order valence-electron chi connectivity index (χ0n) is 18.9. The SMILES string of the molecule is Cc1cc(-c2cc(Cc3cc(F)cc(C(F)(F)F)c3)nn2C)ccc1C(=O)NCCN(C)C. The van der Waals surface area contributed by atoms with Gasteiger partial charge in [-0.2, -0.15) is 18.3 Å². The van der Waals surface area contributed by atoms with E-state index in [9.17, 15) is 22.4 Å². The minimum Gasteiger partial charge on any atom is -0.351 e. The highest BCUT2D eigenvalue weighted by molar-refractivity contribution is 5.96. The number of carbonyl (C=O) groups excluding carboxylic acids is 1. The maximum Gasteiger partial charge on any atom is 0.416 e. The molecule has 5 nitrogen and oxygen atoms in total. The second-order valence-electron chi connectivity index (χ2n) is 8.26. The molecule has 0 radical (unpaired) electrons. The Labute approximate surface area is 190 Å². The third-order valence-electron chi connectivity index (χ3n) is 5.21.